The van der Waals surface area contributed by atoms with Gasteiger partial charge in [-0.2, -0.15) is 0 Å². The summed E-state index contributed by atoms with van der Waals surface area (Å²) in [5.74, 6) is -0.741. The summed E-state index contributed by atoms with van der Waals surface area (Å²) in [4.78, 5) is 26.1. The number of rotatable bonds is 14. The molecule has 0 radical (unpaired) electrons. The summed E-state index contributed by atoms with van der Waals surface area (Å²) in [5, 5.41) is 0. The van der Waals surface area contributed by atoms with Crippen molar-refractivity contribution in [1.29, 1.82) is 0 Å². The quantitative estimate of drug-likeness (QED) is 0.0977. The number of unbranched alkanes of at least 4 members (excludes halogenated alkanes) is 3. The zero-order chi connectivity index (χ0) is 25.5. The van der Waals surface area contributed by atoms with Gasteiger partial charge in [-0.1, -0.05) is 63.6 Å². The fourth-order valence-corrected chi connectivity index (χ4v) is 13.9. The van der Waals surface area contributed by atoms with Gasteiger partial charge in [-0.3, -0.25) is 0 Å². The van der Waals surface area contributed by atoms with Crippen molar-refractivity contribution < 1.29 is 36.3 Å². The summed E-state index contributed by atoms with van der Waals surface area (Å²) in [7, 11) is -7.32. The van der Waals surface area contributed by atoms with Gasteiger partial charge in [0.25, 0.3) is 0 Å². The Labute approximate surface area is 205 Å². The fraction of sp³-hybridized carbons (Fsp3) is 0.810. The lowest BCUT2D eigenvalue weighted by molar-refractivity contribution is -0.140. The summed E-state index contributed by atoms with van der Waals surface area (Å²) in [6, 6.07) is 0. The molecule has 4 nitrogen and oxygen atoms in total. The molecule has 0 atom stereocenters. The molecule has 12 heteroatoms. The lowest BCUT2D eigenvalue weighted by atomic mass is 10.3. The van der Waals surface area contributed by atoms with Crippen LogP contribution in [0.3, 0.4) is 0 Å². The summed E-state index contributed by atoms with van der Waals surface area (Å²) in [5.41, 5.74) is 0. The van der Waals surface area contributed by atoms with Gasteiger partial charge in [-0.05, 0) is 33.1 Å². The minimum absolute atomic E-state index is 0.274. The highest BCUT2D eigenvalue weighted by Crippen LogP contribution is 2.74. The lowest BCUT2D eigenvalue weighted by Gasteiger charge is -2.32. The molecular weight excluding hydrogens is 498 g/mol. The third kappa shape index (κ3) is 12.7. The molecular formula is C21H38BF4O4PS2. The number of ether oxygens (including phenoxy) is 2. The smallest absolute Gasteiger partial charge is 0.462 e. The van der Waals surface area contributed by atoms with Crippen LogP contribution in [-0.2, 0) is 19.1 Å². The van der Waals surface area contributed by atoms with E-state index in [1.54, 1.807) is 37.4 Å². The van der Waals surface area contributed by atoms with Gasteiger partial charge in [0.15, 0.2) is 4.32 Å². The Hall–Kier alpha value is -0.405. The van der Waals surface area contributed by atoms with Crippen LogP contribution in [-0.4, -0.2) is 55.2 Å². The predicted octanol–water partition coefficient (Wildman–Crippen LogP) is 7.81. The van der Waals surface area contributed by atoms with Crippen molar-refractivity contribution >= 4 is 50.0 Å². The SMILES string of the molecule is CCCC[P+](CCCC)(CCCC)C1SC(C(=O)OCC)=C(C(=O)OCC)S1.F[B-](F)(F)F. The fourth-order valence-electron chi connectivity index (χ4n) is 3.30. The maximum atomic E-state index is 12.6. The topological polar surface area (TPSA) is 52.6 Å². The first kappa shape index (κ1) is 32.6. The van der Waals surface area contributed by atoms with Crippen molar-refractivity contribution in [2.45, 2.75) is 77.5 Å². The molecule has 0 N–H and O–H groups in total. The number of hydrogen-bond acceptors (Lipinski definition) is 6. The number of carbonyl (C=O) groups excluding carboxylic acids is 2. The largest absolute Gasteiger partial charge is 0.673 e. The molecule has 1 aliphatic rings. The molecule has 0 aromatic carbocycles. The number of esters is 2. The molecule has 0 aromatic heterocycles. The van der Waals surface area contributed by atoms with Crippen molar-refractivity contribution in [3.63, 3.8) is 0 Å². The summed E-state index contributed by atoms with van der Waals surface area (Å²) in [6.07, 6.45) is 11.0. The van der Waals surface area contributed by atoms with E-state index < -0.39 is 14.5 Å². The Morgan fingerprint density at radius 2 is 1.06 bits per heavy atom. The number of hydrogen-bond donors (Lipinski definition) is 0. The molecule has 1 heterocycles. The lowest BCUT2D eigenvalue weighted by Crippen LogP contribution is -2.17. The highest BCUT2D eigenvalue weighted by atomic mass is 32.2. The summed E-state index contributed by atoms with van der Waals surface area (Å²) in [6.45, 7) is 11.0. The van der Waals surface area contributed by atoms with E-state index in [2.05, 4.69) is 20.8 Å². The normalized spacial score (nSPS) is 14.7. The van der Waals surface area contributed by atoms with E-state index in [0.29, 0.717) is 23.0 Å². The van der Waals surface area contributed by atoms with Gasteiger partial charge in [-0.15, -0.1) is 0 Å². The molecule has 0 saturated carbocycles. The molecule has 0 bridgehead atoms. The van der Waals surface area contributed by atoms with E-state index >= 15 is 0 Å². The van der Waals surface area contributed by atoms with Crippen molar-refractivity contribution in [3.05, 3.63) is 9.81 Å². The van der Waals surface area contributed by atoms with E-state index in [9.17, 15) is 26.9 Å². The van der Waals surface area contributed by atoms with Crippen LogP contribution in [0.15, 0.2) is 9.81 Å². The highest BCUT2D eigenvalue weighted by Gasteiger charge is 2.51. The Balaban J connectivity index is 0.00000184. The van der Waals surface area contributed by atoms with Crippen LogP contribution in [0.25, 0.3) is 0 Å². The van der Waals surface area contributed by atoms with Gasteiger partial charge in [-0.25, -0.2) is 9.59 Å². The van der Waals surface area contributed by atoms with Crippen molar-refractivity contribution in [2.24, 2.45) is 0 Å². The molecule has 0 fully saturated rings. The minimum atomic E-state index is -6.00. The number of carbonyl (C=O) groups is 2. The van der Waals surface area contributed by atoms with Crippen LogP contribution in [0.2, 0.25) is 0 Å². The molecule has 194 valence electrons. The van der Waals surface area contributed by atoms with Crippen molar-refractivity contribution in [2.75, 3.05) is 31.7 Å². The van der Waals surface area contributed by atoms with Gasteiger partial charge in [0, 0.05) is 7.26 Å². The van der Waals surface area contributed by atoms with Gasteiger partial charge >= 0.3 is 19.2 Å². The Bertz CT molecular complexity index is 578. The van der Waals surface area contributed by atoms with Gasteiger partial charge < -0.3 is 26.7 Å². The molecule has 0 aromatic rings. The van der Waals surface area contributed by atoms with Crippen LogP contribution in [0.5, 0.6) is 0 Å². The first-order chi connectivity index (χ1) is 15.5. The zero-order valence-electron chi connectivity index (χ0n) is 20.3. The Kier molecular flexibility index (Phi) is 16.9. The second-order valence-electron chi connectivity index (χ2n) is 7.59. The molecule has 0 spiro atoms. The predicted molar refractivity (Wildman–Crippen MR) is 136 cm³/mol. The molecule has 0 aliphatic carbocycles. The van der Waals surface area contributed by atoms with Gasteiger partial charge in [0.2, 0.25) is 0 Å². The maximum absolute atomic E-state index is 12.6. The van der Waals surface area contributed by atoms with E-state index in [-0.39, 0.29) is 16.3 Å². The second-order valence-corrected chi connectivity index (χ2v) is 15.1. The van der Waals surface area contributed by atoms with E-state index in [0.717, 1.165) is 0 Å². The minimum Gasteiger partial charge on any atom is -0.462 e. The number of halogens is 4. The first-order valence-electron chi connectivity index (χ1n) is 11.6. The van der Waals surface area contributed by atoms with Crippen LogP contribution in [0.1, 0.15) is 73.1 Å². The molecule has 0 unspecified atom stereocenters. The van der Waals surface area contributed by atoms with Crippen LogP contribution in [0, 0.1) is 0 Å². The average molecular weight is 536 g/mol. The molecule has 0 saturated heterocycles. The molecule has 0 amide bonds. The van der Waals surface area contributed by atoms with Crippen LogP contribution in [0.4, 0.5) is 17.3 Å². The van der Waals surface area contributed by atoms with E-state index in [4.69, 9.17) is 9.47 Å². The zero-order valence-corrected chi connectivity index (χ0v) is 22.9. The third-order valence-electron chi connectivity index (χ3n) is 4.88. The summed E-state index contributed by atoms with van der Waals surface area (Å²) >= 11 is 3.19. The Morgan fingerprint density at radius 1 is 0.758 bits per heavy atom. The van der Waals surface area contributed by atoms with Crippen molar-refractivity contribution in [1.82, 2.24) is 0 Å². The van der Waals surface area contributed by atoms with E-state index in [1.165, 1.54) is 57.0 Å². The highest BCUT2D eigenvalue weighted by molar-refractivity contribution is 8.32. The standard InChI is InChI=1S/C21H38O4PS2.BF4/c1-6-11-14-26(15-12-7-2,16-13-8-3)21-27-17(19(22)24-9-4)18(28-21)20(23)25-10-5;2-1(3,4)5/h21H,6-16H2,1-5H3;/q+1;-1. The van der Waals surface area contributed by atoms with E-state index in [1.807, 2.05) is 0 Å². The van der Waals surface area contributed by atoms with Crippen molar-refractivity contribution in [3.8, 4) is 0 Å². The third-order valence-corrected chi connectivity index (χ3v) is 15.0. The first-order valence-corrected chi connectivity index (χ1v) is 15.8. The molecule has 33 heavy (non-hydrogen) atoms. The van der Waals surface area contributed by atoms with Crippen LogP contribution < -0.4 is 0 Å². The molecule has 1 rings (SSSR count). The van der Waals surface area contributed by atoms with Crippen LogP contribution >= 0.6 is 30.8 Å². The van der Waals surface area contributed by atoms with Gasteiger partial charge in [0.05, 0.1) is 31.7 Å². The van der Waals surface area contributed by atoms with Gasteiger partial charge in [0.1, 0.15) is 9.81 Å². The Morgan fingerprint density at radius 3 is 1.30 bits per heavy atom. The monoisotopic (exact) mass is 536 g/mol. The average Bonchev–Trinajstić information content (AvgIpc) is 3.19. The second kappa shape index (κ2) is 17.1. The molecule has 1 aliphatic heterocycles. The number of thioether (sulfide) groups is 2. The summed E-state index contributed by atoms with van der Waals surface area (Å²) < 4.78 is 49.8. The maximum Gasteiger partial charge on any atom is 0.673 e.